The van der Waals surface area contributed by atoms with E-state index in [0.29, 0.717) is 25.3 Å². The molecule has 4 rings (SSSR count). The lowest BCUT2D eigenvalue weighted by Gasteiger charge is -2.36. The number of benzene rings is 1. The monoisotopic (exact) mass is 340 g/mol. The summed E-state index contributed by atoms with van der Waals surface area (Å²) in [4.78, 5) is 26.7. The Hall–Kier alpha value is -2.47. The fourth-order valence-corrected chi connectivity index (χ4v) is 3.53. The molecular weight excluding hydrogens is 320 g/mol. The highest BCUT2D eigenvalue weighted by Crippen LogP contribution is 2.33. The number of aromatic nitrogens is 1. The third-order valence-electron chi connectivity index (χ3n) is 5.08. The maximum Gasteiger partial charge on any atom is 0.276 e. The number of amides is 1. The van der Waals surface area contributed by atoms with Crippen LogP contribution in [0.25, 0.3) is 11.3 Å². The van der Waals surface area contributed by atoms with Gasteiger partial charge in [-0.2, -0.15) is 0 Å². The van der Waals surface area contributed by atoms with Gasteiger partial charge < -0.3 is 14.2 Å². The normalized spacial score (nSPS) is 23.4. The molecule has 6 nitrogen and oxygen atoms in total. The first-order valence-corrected chi connectivity index (χ1v) is 8.58. The van der Waals surface area contributed by atoms with E-state index < -0.39 is 5.60 Å². The number of hydrogen-bond donors (Lipinski definition) is 0. The van der Waals surface area contributed by atoms with Gasteiger partial charge in [0.05, 0.1) is 6.54 Å². The first-order valence-electron chi connectivity index (χ1n) is 8.58. The number of ether oxygens (including phenoxy) is 1. The van der Waals surface area contributed by atoms with Crippen LogP contribution in [0.3, 0.4) is 0 Å². The summed E-state index contributed by atoms with van der Waals surface area (Å²) in [6.07, 6.45) is 2.22. The third-order valence-corrected chi connectivity index (χ3v) is 5.08. The molecule has 2 aliphatic rings. The Morgan fingerprint density at radius 3 is 2.72 bits per heavy atom. The minimum atomic E-state index is -0.659. The van der Waals surface area contributed by atoms with Crippen molar-refractivity contribution in [2.24, 2.45) is 0 Å². The van der Waals surface area contributed by atoms with E-state index in [1.165, 1.54) is 4.90 Å². The first-order chi connectivity index (χ1) is 12.1. The van der Waals surface area contributed by atoms with Crippen molar-refractivity contribution < 1.29 is 18.8 Å². The molecule has 0 radical (unpaired) electrons. The summed E-state index contributed by atoms with van der Waals surface area (Å²) in [5.41, 5.74) is 1.58. The largest absolute Gasteiger partial charge is 0.367 e. The highest BCUT2D eigenvalue weighted by atomic mass is 16.5. The molecule has 0 saturated carbocycles. The summed E-state index contributed by atoms with van der Waals surface area (Å²) in [5.74, 6) is 0.262. The summed E-state index contributed by atoms with van der Waals surface area (Å²) in [7, 11) is 0. The van der Waals surface area contributed by atoms with Crippen molar-refractivity contribution >= 4 is 11.7 Å². The van der Waals surface area contributed by atoms with E-state index in [1.54, 1.807) is 6.07 Å². The predicted octanol–water partition coefficient (Wildman–Crippen LogP) is 2.61. The Balaban J connectivity index is 1.48. The maximum atomic E-state index is 12.7. The second-order valence-corrected chi connectivity index (χ2v) is 6.79. The molecule has 1 aromatic carbocycles. The number of carbonyl (C=O) groups is 2. The molecule has 2 saturated heterocycles. The molecular formula is C19H20N2O4. The van der Waals surface area contributed by atoms with Crippen LogP contribution in [0, 0.1) is 6.92 Å². The van der Waals surface area contributed by atoms with Gasteiger partial charge in [0.15, 0.2) is 17.2 Å². The molecule has 0 aliphatic carbocycles. The van der Waals surface area contributed by atoms with E-state index in [-0.39, 0.29) is 23.9 Å². The van der Waals surface area contributed by atoms with Gasteiger partial charge in [-0.25, -0.2) is 0 Å². The van der Waals surface area contributed by atoms with Crippen molar-refractivity contribution in [3.63, 3.8) is 0 Å². The number of nitrogens with zero attached hydrogens (tertiary/aromatic N) is 2. The van der Waals surface area contributed by atoms with Crippen molar-refractivity contribution in [3.05, 3.63) is 41.6 Å². The van der Waals surface area contributed by atoms with Gasteiger partial charge in [-0.15, -0.1) is 0 Å². The van der Waals surface area contributed by atoms with Crippen LogP contribution in [-0.4, -0.2) is 47.0 Å². The number of hydrogen-bond acceptors (Lipinski definition) is 5. The number of piperidine rings is 1. The minimum Gasteiger partial charge on any atom is -0.367 e. The summed E-state index contributed by atoms with van der Waals surface area (Å²) >= 11 is 0. The zero-order chi connectivity index (χ0) is 17.4. The van der Waals surface area contributed by atoms with Crippen LogP contribution < -0.4 is 0 Å². The van der Waals surface area contributed by atoms with E-state index in [2.05, 4.69) is 5.16 Å². The standard InChI is InChI=1S/C19H20N2O4/c1-13-3-5-14(6-4-13)16-11-15(20-25-16)18(23)21-9-8-19(17(22)12-21)7-2-10-24-19/h3-6,11H,2,7-10,12H2,1H3/t19-/m0/s1. The number of Topliss-reactive ketones (excluding diaryl/α,β-unsaturated/α-hetero) is 1. The lowest BCUT2D eigenvalue weighted by atomic mass is 9.87. The quantitative estimate of drug-likeness (QED) is 0.840. The van der Waals surface area contributed by atoms with E-state index in [4.69, 9.17) is 9.26 Å². The van der Waals surface area contributed by atoms with Crippen LogP contribution in [-0.2, 0) is 9.53 Å². The van der Waals surface area contributed by atoms with Crippen molar-refractivity contribution in [2.45, 2.75) is 31.8 Å². The van der Waals surface area contributed by atoms with Crippen LogP contribution >= 0.6 is 0 Å². The second-order valence-electron chi connectivity index (χ2n) is 6.79. The van der Waals surface area contributed by atoms with Gasteiger partial charge >= 0.3 is 0 Å². The van der Waals surface area contributed by atoms with Crippen LogP contribution in [0.5, 0.6) is 0 Å². The van der Waals surface area contributed by atoms with Gasteiger partial charge in [0.1, 0.15) is 5.60 Å². The zero-order valence-corrected chi connectivity index (χ0v) is 14.2. The summed E-state index contributed by atoms with van der Waals surface area (Å²) < 4.78 is 11.0. The minimum absolute atomic E-state index is 0.00754. The Labute approximate surface area is 145 Å². The van der Waals surface area contributed by atoms with Crippen molar-refractivity contribution in [2.75, 3.05) is 19.7 Å². The average molecular weight is 340 g/mol. The molecule has 1 aromatic heterocycles. The second kappa shape index (κ2) is 6.11. The fourth-order valence-electron chi connectivity index (χ4n) is 3.53. The molecule has 3 heterocycles. The zero-order valence-electron chi connectivity index (χ0n) is 14.2. The summed E-state index contributed by atoms with van der Waals surface area (Å²) in [6.45, 7) is 3.21. The van der Waals surface area contributed by atoms with Gasteiger partial charge in [0.25, 0.3) is 5.91 Å². The maximum absolute atomic E-state index is 12.7. The molecule has 1 amide bonds. The number of likely N-dealkylation sites (tertiary alicyclic amines) is 1. The van der Waals surface area contributed by atoms with Crippen LogP contribution in [0.2, 0.25) is 0 Å². The number of aryl methyl sites for hydroxylation is 1. The lowest BCUT2D eigenvalue weighted by Crippen LogP contribution is -2.53. The van der Waals surface area contributed by atoms with Crippen molar-refractivity contribution in [1.82, 2.24) is 10.1 Å². The molecule has 1 spiro atoms. The van der Waals surface area contributed by atoms with E-state index in [0.717, 1.165) is 24.0 Å². The molecule has 2 aromatic rings. The van der Waals surface area contributed by atoms with E-state index in [9.17, 15) is 9.59 Å². The topological polar surface area (TPSA) is 72.6 Å². The smallest absolute Gasteiger partial charge is 0.276 e. The van der Waals surface area contributed by atoms with Gasteiger partial charge in [-0.3, -0.25) is 9.59 Å². The molecule has 130 valence electrons. The molecule has 1 atom stereocenters. The molecule has 2 aliphatic heterocycles. The third kappa shape index (κ3) is 2.87. The Morgan fingerprint density at radius 1 is 1.24 bits per heavy atom. The Kier molecular flexibility index (Phi) is 3.92. The van der Waals surface area contributed by atoms with E-state index in [1.807, 2.05) is 31.2 Å². The fraction of sp³-hybridized carbons (Fsp3) is 0.421. The Bertz CT molecular complexity index is 803. The van der Waals surface area contributed by atoms with Gasteiger partial charge in [-0.1, -0.05) is 35.0 Å². The number of ketones is 1. The van der Waals surface area contributed by atoms with Crippen LogP contribution in [0.15, 0.2) is 34.9 Å². The molecule has 0 bridgehead atoms. The summed E-state index contributed by atoms with van der Waals surface area (Å²) in [5, 5.41) is 3.90. The van der Waals surface area contributed by atoms with Crippen LogP contribution in [0.1, 0.15) is 35.3 Å². The highest BCUT2D eigenvalue weighted by Gasteiger charge is 2.46. The molecule has 6 heteroatoms. The predicted molar refractivity (Wildman–Crippen MR) is 90.1 cm³/mol. The molecule has 2 fully saturated rings. The SMILES string of the molecule is Cc1ccc(-c2cc(C(=O)N3CC[C@@]4(CCCO4)C(=O)C3)no2)cc1. The number of rotatable bonds is 2. The summed E-state index contributed by atoms with van der Waals surface area (Å²) in [6, 6.07) is 9.44. The number of carbonyl (C=O) groups excluding carboxylic acids is 2. The Morgan fingerprint density at radius 2 is 2.04 bits per heavy atom. The molecule has 0 unspecified atom stereocenters. The lowest BCUT2D eigenvalue weighted by molar-refractivity contribution is -0.144. The molecule has 0 N–H and O–H groups in total. The average Bonchev–Trinajstić information content (AvgIpc) is 3.28. The van der Waals surface area contributed by atoms with Crippen molar-refractivity contribution in [3.8, 4) is 11.3 Å². The van der Waals surface area contributed by atoms with Crippen LogP contribution in [0.4, 0.5) is 0 Å². The first kappa shape index (κ1) is 16.0. The highest BCUT2D eigenvalue weighted by molar-refractivity contribution is 5.98. The van der Waals surface area contributed by atoms with Gasteiger partial charge in [0, 0.05) is 31.2 Å². The van der Waals surface area contributed by atoms with Gasteiger partial charge in [0.2, 0.25) is 0 Å². The van der Waals surface area contributed by atoms with Crippen molar-refractivity contribution in [1.29, 1.82) is 0 Å². The molecule has 25 heavy (non-hydrogen) atoms. The van der Waals surface area contributed by atoms with E-state index >= 15 is 0 Å². The van der Waals surface area contributed by atoms with Gasteiger partial charge in [-0.05, 0) is 19.8 Å².